The SMILES string of the molecule is CNC(=O)COc1cc2cc(Nc3nc(N4CCC(O[C@H]5C[C@H](N6CCC(c7cc(F)c8c(c7)CN(C7CCC(=O)NC7=O)C8=O)CC6)C5)CC4)ncc3Cl)ccc2n(C(C)C)c1=O. The largest absolute Gasteiger partial charge is 0.478 e. The van der Waals surface area contributed by atoms with Crippen LogP contribution in [0.5, 0.6) is 5.75 Å². The van der Waals surface area contributed by atoms with Crippen molar-refractivity contribution in [2.75, 3.05) is 50.1 Å². The van der Waals surface area contributed by atoms with Crippen molar-refractivity contribution in [1.82, 2.24) is 35.0 Å². The molecule has 6 heterocycles. The summed E-state index contributed by atoms with van der Waals surface area (Å²) in [5, 5.41) is 9.24. The summed E-state index contributed by atoms with van der Waals surface area (Å²) in [4.78, 5) is 77.8. The molecular weight excluding hydrogens is 845 g/mol. The van der Waals surface area contributed by atoms with E-state index in [0.717, 1.165) is 81.2 Å². The van der Waals surface area contributed by atoms with Gasteiger partial charge in [-0.15, -0.1) is 0 Å². The predicted octanol–water partition coefficient (Wildman–Crippen LogP) is 5.19. The lowest BCUT2D eigenvalue weighted by atomic mass is 9.83. The Bertz CT molecular complexity index is 2550. The zero-order valence-electron chi connectivity index (χ0n) is 36.2. The first kappa shape index (κ1) is 43.6. The van der Waals surface area contributed by atoms with Crippen molar-refractivity contribution in [3.05, 3.63) is 80.5 Å². The van der Waals surface area contributed by atoms with Crippen molar-refractivity contribution in [2.24, 2.45) is 0 Å². The number of aromatic nitrogens is 3. The van der Waals surface area contributed by atoms with E-state index in [-0.39, 0.29) is 78.8 Å². The summed E-state index contributed by atoms with van der Waals surface area (Å²) in [6.45, 7) is 7.04. The van der Waals surface area contributed by atoms with Crippen LogP contribution in [0, 0.1) is 5.82 Å². The highest BCUT2D eigenvalue weighted by atomic mass is 35.5. The first-order valence-electron chi connectivity index (χ1n) is 22.3. The smallest absolute Gasteiger partial charge is 0.293 e. The molecule has 1 atom stereocenters. The van der Waals surface area contributed by atoms with E-state index in [1.54, 1.807) is 16.8 Å². The number of pyridine rings is 1. The lowest BCUT2D eigenvalue weighted by Gasteiger charge is -2.47. The molecule has 0 bridgehead atoms. The van der Waals surface area contributed by atoms with Gasteiger partial charge in [-0.3, -0.25) is 29.3 Å². The van der Waals surface area contributed by atoms with E-state index in [1.165, 1.54) is 18.0 Å². The quantitative estimate of drug-likeness (QED) is 0.159. The van der Waals surface area contributed by atoms with Gasteiger partial charge in [-0.25, -0.2) is 9.37 Å². The summed E-state index contributed by atoms with van der Waals surface area (Å²) in [7, 11) is 1.51. The Labute approximate surface area is 374 Å². The molecule has 4 amide bonds. The van der Waals surface area contributed by atoms with Crippen molar-refractivity contribution >= 4 is 63.6 Å². The summed E-state index contributed by atoms with van der Waals surface area (Å²) in [6.07, 6.45) is 7.83. The van der Waals surface area contributed by atoms with Crippen molar-refractivity contribution in [3.63, 3.8) is 0 Å². The zero-order chi connectivity index (χ0) is 44.8. The highest BCUT2D eigenvalue weighted by Gasteiger charge is 2.42. The maximum absolute atomic E-state index is 15.4. The standard InChI is InChI=1S/C46H53ClFN9O7/c1-25(2)57-36-5-4-30(17-28(36)19-38(44(57)61)63-24-40(59)49-3)51-42-34(47)22-50-46(53-42)55-14-10-32(11-15-55)64-33-20-31(21-33)54-12-8-26(9-13-54)27-16-29-23-56(45(62)41(29)35(48)18-27)37-6-7-39(58)52-43(37)60/h4-5,16-19,22,25-26,31-33,37H,6-15,20-21,23-24H2,1-3H3,(H,49,59)(H,50,51,53)(H,52,58,60)/t31-,33-,37?. The third-order valence-electron chi connectivity index (χ3n) is 13.4. The van der Waals surface area contributed by atoms with Crippen LogP contribution in [0.2, 0.25) is 5.02 Å². The summed E-state index contributed by atoms with van der Waals surface area (Å²) < 4.78 is 29.3. The molecule has 0 radical (unpaired) electrons. The molecule has 2 aromatic heterocycles. The van der Waals surface area contributed by atoms with Crippen molar-refractivity contribution < 1.29 is 33.0 Å². The number of halogens is 2. The third-order valence-corrected chi connectivity index (χ3v) is 13.7. The van der Waals surface area contributed by atoms with Gasteiger partial charge < -0.3 is 39.4 Å². The maximum atomic E-state index is 15.4. The van der Waals surface area contributed by atoms with Crippen LogP contribution in [0.3, 0.4) is 0 Å². The van der Waals surface area contributed by atoms with E-state index in [2.05, 4.69) is 30.7 Å². The predicted molar refractivity (Wildman–Crippen MR) is 238 cm³/mol. The van der Waals surface area contributed by atoms with Crippen molar-refractivity contribution in [3.8, 4) is 5.75 Å². The molecular formula is C46H53ClFN9O7. The zero-order valence-corrected chi connectivity index (χ0v) is 37.0. The average molecular weight is 898 g/mol. The number of hydrogen-bond donors (Lipinski definition) is 3. The van der Waals surface area contributed by atoms with Gasteiger partial charge in [0.2, 0.25) is 17.8 Å². The molecule has 1 unspecified atom stereocenters. The average Bonchev–Trinajstić information content (AvgIpc) is 3.60. The molecule has 64 heavy (non-hydrogen) atoms. The fourth-order valence-corrected chi connectivity index (χ4v) is 10.0. The summed E-state index contributed by atoms with van der Waals surface area (Å²) >= 11 is 6.59. The number of fused-ring (bicyclic) bond motifs is 2. The van der Waals surface area contributed by atoms with Gasteiger partial charge in [-0.1, -0.05) is 17.7 Å². The molecule has 0 spiro atoms. The number of likely N-dealkylation sites (N-methyl/N-ethyl adjacent to an activating group) is 1. The molecule has 4 fully saturated rings. The van der Waals surface area contributed by atoms with Gasteiger partial charge in [0.25, 0.3) is 17.4 Å². The summed E-state index contributed by atoms with van der Waals surface area (Å²) in [5.41, 5.74) is 2.68. The molecule has 3 saturated heterocycles. The number of imide groups is 1. The Balaban J connectivity index is 0.745. The lowest BCUT2D eigenvalue weighted by molar-refractivity contribution is -0.137. The molecule has 338 valence electrons. The molecule has 1 aliphatic carbocycles. The van der Waals surface area contributed by atoms with Crippen molar-refractivity contribution in [2.45, 2.75) is 108 Å². The second-order valence-electron chi connectivity index (χ2n) is 17.8. The van der Waals surface area contributed by atoms with E-state index in [0.29, 0.717) is 34.1 Å². The van der Waals surface area contributed by atoms with Gasteiger partial charge in [0.05, 0.1) is 29.5 Å². The number of benzene rings is 2. The Morgan fingerprint density at radius 3 is 2.47 bits per heavy atom. The van der Waals surface area contributed by atoms with Gasteiger partial charge in [0.1, 0.15) is 16.9 Å². The van der Waals surface area contributed by atoms with E-state index in [1.807, 2.05) is 38.1 Å². The van der Waals surface area contributed by atoms with Gasteiger partial charge in [0.15, 0.2) is 18.2 Å². The molecule has 18 heteroatoms. The van der Waals surface area contributed by atoms with Crippen LogP contribution >= 0.6 is 11.6 Å². The van der Waals surface area contributed by atoms with E-state index in [4.69, 9.17) is 26.1 Å². The molecule has 4 aromatic rings. The number of carbonyl (C=O) groups excluding carboxylic acids is 4. The molecule has 2 aromatic carbocycles. The monoisotopic (exact) mass is 897 g/mol. The number of ether oxygens (including phenoxy) is 2. The first-order chi connectivity index (χ1) is 30.8. The molecule has 16 nitrogen and oxygen atoms in total. The summed E-state index contributed by atoms with van der Waals surface area (Å²) in [5.74, 6) is -0.915. The number of nitrogens with zero attached hydrogens (tertiary/aromatic N) is 6. The summed E-state index contributed by atoms with van der Waals surface area (Å²) in [6, 6.07) is 10.3. The van der Waals surface area contributed by atoms with Crippen LogP contribution in [0.1, 0.15) is 98.7 Å². The van der Waals surface area contributed by atoms with Gasteiger partial charge in [-0.05, 0) is 119 Å². The second kappa shape index (κ2) is 18.1. The molecule has 5 aliphatic rings. The van der Waals surface area contributed by atoms with Crippen LogP contribution < -0.4 is 31.1 Å². The minimum Gasteiger partial charge on any atom is -0.478 e. The number of rotatable bonds is 12. The third kappa shape index (κ3) is 8.76. The van der Waals surface area contributed by atoms with Crippen LogP contribution in [-0.2, 0) is 25.7 Å². The fraction of sp³-hybridized carbons (Fsp3) is 0.500. The van der Waals surface area contributed by atoms with E-state index < -0.39 is 23.7 Å². The van der Waals surface area contributed by atoms with Crippen LogP contribution in [0.4, 0.5) is 21.8 Å². The second-order valence-corrected chi connectivity index (χ2v) is 18.2. The highest BCUT2D eigenvalue weighted by Crippen LogP contribution is 2.39. The van der Waals surface area contributed by atoms with Gasteiger partial charge in [-0.2, -0.15) is 4.98 Å². The molecule has 1 saturated carbocycles. The molecule has 4 aliphatic heterocycles. The van der Waals surface area contributed by atoms with Gasteiger partial charge in [0, 0.05) is 56.3 Å². The minimum absolute atomic E-state index is 0.0430. The Morgan fingerprint density at radius 2 is 1.75 bits per heavy atom. The first-order valence-corrected chi connectivity index (χ1v) is 22.6. The van der Waals surface area contributed by atoms with E-state index in [9.17, 15) is 24.0 Å². The van der Waals surface area contributed by atoms with Crippen molar-refractivity contribution in [1.29, 1.82) is 0 Å². The minimum atomic E-state index is -0.769. The molecule has 9 rings (SSSR count). The molecule has 3 N–H and O–H groups in total. The lowest BCUT2D eigenvalue weighted by Crippen LogP contribution is -2.52. The topological polar surface area (TPSA) is 180 Å². The maximum Gasteiger partial charge on any atom is 0.293 e. The van der Waals surface area contributed by atoms with E-state index >= 15 is 4.39 Å². The number of anilines is 3. The number of nitrogens with one attached hydrogen (secondary N) is 3. The van der Waals surface area contributed by atoms with Gasteiger partial charge >= 0.3 is 0 Å². The Morgan fingerprint density at radius 1 is 0.984 bits per heavy atom. The number of piperidine rings is 3. The highest BCUT2D eigenvalue weighted by molar-refractivity contribution is 6.33. The number of carbonyl (C=O) groups is 4. The Kier molecular flexibility index (Phi) is 12.3. The van der Waals surface area contributed by atoms with Crippen LogP contribution in [-0.4, -0.2) is 112 Å². The van der Waals surface area contributed by atoms with Crippen LogP contribution in [0.25, 0.3) is 10.9 Å². The fourth-order valence-electron chi connectivity index (χ4n) is 9.89. The number of likely N-dealkylation sites (tertiary alicyclic amines) is 1. The number of amides is 4. The Hall–Kier alpha value is -5.65. The number of hydrogen-bond acceptors (Lipinski definition) is 12. The normalized spacial score (nSPS) is 22.2. The van der Waals surface area contributed by atoms with Crippen LogP contribution in [0.15, 0.2) is 47.4 Å².